The highest BCUT2D eigenvalue weighted by Crippen LogP contribution is 2.23. The van der Waals surface area contributed by atoms with Gasteiger partial charge >= 0.3 is 5.97 Å². The number of nitrogens with two attached hydrogens (primary N) is 1. The highest BCUT2D eigenvalue weighted by atomic mass is 16.5. The molecule has 0 atom stereocenters. The molecule has 5 nitrogen and oxygen atoms in total. The zero-order valence-corrected chi connectivity index (χ0v) is 9.19. The van der Waals surface area contributed by atoms with Crippen LogP contribution in [0.5, 0.6) is 0 Å². The highest BCUT2D eigenvalue weighted by Gasteiger charge is 2.11. The maximum atomic E-state index is 10.9. The van der Waals surface area contributed by atoms with Crippen molar-refractivity contribution in [2.24, 2.45) is 0 Å². The lowest BCUT2D eigenvalue weighted by molar-refractivity contribution is 0.0698. The van der Waals surface area contributed by atoms with Crippen molar-refractivity contribution in [2.45, 2.75) is 6.42 Å². The van der Waals surface area contributed by atoms with Gasteiger partial charge in [0.1, 0.15) is 0 Å². The number of hydrogen-bond acceptors (Lipinski definition) is 4. The molecule has 1 rings (SSSR count). The number of benzene rings is 1. The largest absolute Gasteiger partial charge is 0.478 e. The van der Waals surface area contributed by atoms with Gasteiger partial charge in [-0.3, -0.25) is 0 Å². The van der Waals surface area contributed by atoms with Crippen molar-refractivity contribution >= 4 is 17.3 Å². The smallest absolute Gasteiger partial charge is 0.337 e. The molecule has 0 spiro atoms. The number of carboxylic acid groups (broad SMARTS) is 1. The molecule has 5 heteroatoms. The standard InChI is InChI=1S/C11H16N2O3/c1-16-7-3-6-13-10-8(11(14)15)4-2-5-9(10)12/h2,4-5,13H,3,6-7,12H2,1H3,(H,14,15). The summed E-state index contributed by atoms with van der Waals surface area (Å²) in [5, 5.41) is 12.0. The molecule has 4 N–H and O–H groups in total. The van der Waals surface area contributed by atoms with Crippen LogP contribution in [0.25, 0.3) is 0 Å². The maximum absolute atomic E-state index is 10.9. The van der Waals surface area contributed by atoms with Crippen LogP contribution >= 0.6 is 0 Å². The Labute approximate surface area is 94.2 Å². The summed E-state index contributed by atoms with van der Waals surface area (Å²) in [4.78, 5) is 10.9. The van der Waals surface area contributed by atoms with Gasteiger partial charge in [0.05, 0.1) is 16.9 Å². The van der Waals surface area contributed by atoms with Crippen LogP contribution in [-0.4, -0.2) is 31.3 Å². The first-order valence-corrected chi connectivity index (χ1v) is 5.01. The van der Waals surface area contributed by atoms with Gasteiger partial charge in [-0.25, -0.2) is 4.79 Å². The number of nitrogens with one attached hydrogen (secondary N) is 1. The fourth-order valence-electron chi connectivity index (χ4n) is 1.38. The summed E-state index contributed by atoms with van der Waals surface area (Å²) in [7, 11) is 1.62. The third-order valence-electron chi connectivity index (χ3n) is 2.15. The topological polar surface area (TPSA) is 84.6 Å². The van der Waals surface area contributed by atoms with Crippen molar-refractivity contribution in [3.63, 3.8) is 0 Å². The van der Waals surface area contributed by atoms with Crippen molar-refractivity contribution in [3.8, 4) is 0 Å². The number of rotatable bonds is 6. The second-order valence-corrected chi connectivity index (χ2v) is 3.35. The molecule has 0 heterocycles. The van der Waals surface area contributed by atoms with E-state index in [1.165, 1.54) is 6.07 Å². The summed E-state index contributed by atoms with van der Waals surface area (Å²) in [5.41, 5.74) is 6.83. The number of anilines is 2. The molecule has 0 amide bonds. The number of para-hydroxylation sites is 1. The maximum Gasteiger partial charge on any atom is 0.337 e. The number of aromatic carboxylic acids is 1. The van der Waals surface area contributed by atoms with Crippen LogP contribution < -0.4 is 11.1 Å². The Morgan fingerprint density at radius 2 is 2.31 bits per heavy atom. The lowest BCUT2D eigenvalue weighted by Gasteiger charge is -2.11. The zero-order chi connectivity index (χ0) is 12.0. The van der Waals surface area contributed by atoms with Gasteiger partial charge in [0.25, 0.3) is 0 Å². The van der Waals surface area contributed by atoms with E-state index in [0.29, 0.717) is 24.5 Å². The van der Waals surface area contributed by atoms with E-state index in [1.54, 1.807) is 19.2 Å². The number of hydrogen-bond donors (Lipinski definition) is 3. The quantitative estimate of drug-likeness (QED) is 0.502. The Bertz CT molecular complexity index is 366. The van der Waals surface area contributed by atoms with Gasteiger partial charge < -0.3 is 20.9 Å². The van der Waals surface area contributed by atoms with E-state index in [1.807, 2.05) is 0 Å². The molecular weight excluding hydrogens is 208 g/mol. The van der Waals surface area contributed by atoms with Crippen molar-refractivity contribution < 1.29 is 14.6 Å². The fourth-order valence-corrected chi connectivity index (χ4v) is 1.38. The van der Waals surface area contributed by atoms with Gasteiger partial charge in [-0.15, -0.1) is 0 Å². The van der Waals surface area contributed by atoms with E-state index in [0.717, 1.165) is 6.42 Å². The molecule has 1 aromatic rings. The Kier molecular flexibility index (Phi) is 4.60. The Morgan fingerprint density at radius 3 is 2.94 bits per heavy atom. The number of carbonyl (C=O) groups is 1. The van der Waals surface area contributed by atoms with E-state index < -0.39 is 5.97 Å². The van der Waals surface area contributed by atoms with Gasteiger partial charge in [-0.2, -0.15) is 0 Å². The Hall–Kier alpha value is -1.75. The second-order valence-electron chi connectivity index (χ2n) is 3.35. The molecule has 0 aliphatic rings. The predicted octanol–water partition coefficient (Wildman–Crippen LogP) is 1.42. The minimum absolute atomic E-state index is 0.192. The SMILES string of the molecule is COCCCNc1c(N)cccc1C(=O)O. The molecule has 16 heavy (non-hydrogen) atoms. The lowest BCUT2D eigenvalue weighted by Crippen LogP contribution is -2.11. The fraction of sp³-hybridized carbons (Fsp3) is 0.364. The van der Waals surface area contributed by atoms with Crippen molar-refractivity contribution in [3.05, 3.63) is 23.8 Å². The third kappa shape index (κ3) is 3.13. The van der Waals surface area contributed by atoms with Crippen LogP contribution in [0.1, 0.15) is 16.8 Å². The molecule has 0 unspecified atom stereocenters. The zero-order valence-electron chi connectivity index (χ0n) is 9.19. The van der Waals surface area contributed by atoms with Gasteiger partial charge in [0.2, 0.25) is 0 Å². The minimum Gasteiger partial charge on any atom is -0.478 e. The molecule has 88 valence electrons. The van der Waals surface area contributed by atoms with Crippen LogP contribution in [0.4, 0.5) is 11.4 Å². The first-order valence-electron chi connectivity index (χ1n) is 5.01. The molecule has 1 aromatic carbocycles. The average Bonchev–Trinajstić information content (AvgIpc) is 2.25. The molecule has 0 aliphatic heterocycles. The van der Waals surface area contributed by atoms with Crippen LogP contribution in [0.3, 0.4) is 0 Å². The Morgan fingerprint density at radius 1 is 1.56 bits per heavy atom. The number of nitrogen functional groups attached to an aromatic ring is 1. The van der Waals surface area contributed by atoms with Crippen LogP contribution in [0, 0.1) is 0 Å². The Balaban J connectivity index is 2.73. The van der Waals surface area contributed by atoms with E-state index in [2.05, 4.69) is 5.32 Å². The second kappa shape index (κ2) is 5.97. The molecule has 0 bridgehead atoms. The molecule has 0 saturated heterocycles. The van der Waals surface area contributed by atoms with Gasteiger partial charge in [-0.05, 0) is 18.6 Å². The van der Waals surface area contributed by atoms with E-state index in [9.17, 15) is 4.79 Å². The van der Waals surface area contributed by atoms with Crippen LogP contribution in [0.2, 0.25) is 0 Å². The van der Waals surface area contributed by atoms with Crippen LogP contribution in [-0.2, 0) is 4.74 Å². The molecule has 0 radical (unpaired) electrons. The minimum atomic E-state index is -0.985. The van der Waals surface area contributed by atoms with E-state index >= 15 is 0 Å². The van der Waals surface area contributed by atoms with E-state index in [4.69, 9.17) is 15.6 Å². The molecule has 0 aliphatic carbocycles. The van der Waals surface area contributed by atoms with Crippen molar-refractivity contribution in [1.29, 1.82) is 0 Å². The molecule has 0 aromatic heterocycles. The molecular formula is C11H16N2O3. The number of ether oxygens (including phenoxy) is 1. The lowest BCUT2D eigenvalue weighted by atomic mass is 10.1. The normalized spacial score (nSPS) is 10.1. The van der Waals surface area contributed by atoms with Gasteiger partial charge in [-0.1, -0.05) is 6.07 Å². The summed E-state index contributed by atoms with van der Waals surface area (Å²) >= 11 is 0. The third-order valence-corrected chi connectivity index (χ3v) is 2.15. The average molecular weight is 224 g/mol. The van der Waals surface area contributed by atoms with E-state index in [-0.39, 0.29) is 5.56 Å². The number of carboxylic acids is 1. The number of methoxy groups -OCH3 is 1. The summed E-state index contributed by atoms with van der Waals surface area (Å²) in [6.45, 7) is 1.25. The van der Waals surface area contributed by atoms with Gasteiger partial charge in [0, 0.05) is 20.3 Å². The first-order chi connectivity index (χ1) is 7.66. The highest BCUT2D eigenvalue weighted by molar-refractivity contribution is 5.97. The van der Waals surface area contributed by atoms with Crippen molar-refractivity contribution in [2.75, 3.05) is 31.3 Å². The van der Waals surface area contributed by atoms with Crippen molar-refractivity contribution in [1.82, 2.24) is 0 Å². The summed E-state index contributed by atoms with van der Waals surface area (Å²) in [6.07, 6.45) is 0.796. The molecule has 0 fully saturated rings. The summed E-state index contributed by atoms with van der Waals surface area (Å²) in [5.74, 6) is -0.985. The summed E-state index contributed by atoms with van der Waals surface area (Å²) < 4.78 is 4.90. The molecule has 0 saturated carbocycles. The van der Waals surface area contributed by atoms with Crippen LogP contribution in [0.15, 0.2) is 18.2 Å². The van der Waals surface area contributed by atoms with Gasteiger partial charge in [0.15, 0.2) is 0 Å². The first kappa shape index (κ1) is 12.3. The summed E-state index contributed by atoms with van der Waals surface area (Å²) in [6, 6.07) is 4.82. The monoisotopic (exact) mass is 224 g/mol. The predicted molar refractivity (Wildman–Crippen MR) is 62.8 cm³/mol.